The van der Waals surface area contributed by atoms with E-state index in [-0.39, 0.29) is 5.91 Å². The van der Waals surface area contributed by atoms with Crippen LogP contribution in [-0.2, 0) is 11.2 Å². The lowest BCUT2D eigenvalue weighted by atomic mass is 10.1. The van der Waals surface area contributed by atoms with Gasteiger partial charge < -0.3 is 9.84 Å². The zero-order chi connectivity index (χ0) is 13.0. The minimum Gasteiger partial charge on any atom is -0.361 e. The molecule has 0 aromatic carbocycles. The van der Waals surface area contributed by atoms with Gasteiger partial charge >= 0.3 is 0 Å². The van der Waals surface area contributed by atoms with E-state index in [0.717, 1.165) is 17.0 Å². The van der Waals surface area contributed by atoms with Crippen molar-refractivity contribution in [2.45, 2.75) is 26.7 Å². The topological polar surface area (TPSA) is 68.0 Å². The van der Waals surface area contributed by atoms with Crippen LogP contribution < -0.4 is 5.32 Å². The molecule has 0 spiro atoms. The van der Waals surface area contributed by atoms with Crippen LogP contribution in [0.5, 0.6) is 0 Å². The van der Waals surface area contributed by atoms with E-state index in [0.29, 0.717) is 18.7 Å². The van der Waals surface area contributed by atoms with E-state index in [9.17, 15) is 4.79 Å². The molecule has 0 fully saturated rings. The zero-order valence-electron chi connectivity index (χ0n) is 10.4. The van der Waals surface area contributed by atoms with Gasteiger partial charge in [0.15, 0.2) is 0 Å². The van der Waals surface area contributed by atoms with E-state index >= 15 is 0 Å². The summed E-state index contributed by atoms with van der Waals surface area (Å²) in [6.07, 6.45) is 2.66. The minimum absolute atomic E-state index is 0.0614. The lowest BCUT2D eigenvalue weighted by Gasteiger charge is -2.03. The highest BCUT2D eigenvalue weighted by Gasteiger charge is 2.11. The number of nitrogens with zero attached hydrogens (tertiary/aromatic N) is 2. The monoisotopic (exact) mass is 245 g/mol. The number of pyridine rings is 1. The number of hydrogen-bond donors (Lipinski definition) is 1. The van der Waals surface area contributed by atoms with Crippen molar-refractivity contribution in [3.05, 3.63) is 41.4 Å². The molecule has 2 heterocycles. The molecule has 0 aliphatic heterocycles. The van der Waals surface area contributed by atoms with Crippen molar-refractivity contribution < 1.29 is 9.32 Å². The van der Waals surface area contributed by atoms with Crippen LogP contribution in [0.4, 0.5) is 5.82 Å². The standard InChI is InChI=1S/C13H15N3O2/c1-9-11(10(2)18-16-9)6-7-13(17)15-12-5-3-4-8-14-12/h3-5,8H,6-7H2,1-2H3,(H,14,15,17). The molecular formula is C13H15N3O2. The largest absolute Gasteiger partial charge is 0.361 e. The maximum Gasteiger partial charge on any atom is 0.225 e. The first kappa shape index (κ1) is 12.3. The van der Waals surface area contributed by atoms with Gasteiger partial charge in [0.05, 0.1) is 5.69 Å². The Kier molecular flexibility index (Phi) is 3.72. The van der Waals surface area contributed by atoms with Crippen molar-refractivity contribution in [3.8, 4) is 0 Å². The van der Waals surface area contributed by atoms with Crippen molar-refractivity contribution in [3.63, 3.8) is 0 Å². The third kappa shape index (κ3) is 2.94. The fourth-order valence-corrected chi connectivity index (χ4v) is 1.74. The molecule has 0 radical (unpaired) electrons. The molecule has 0 atom stereocenters. The summed E-state index contributed by atoms with van der Waals surface area (Å²) in [5, 5.41) is 6.60. The quantitative estimate of drug-likeness (QED) is 0.897. The van der Waals surface area contributed by atoms with Crippen molar-refractivity contribution in [2.75, 3.05) is 5.32 Å². The van der Waals surface area contributed by atoms with Crippen molar-refractivity contribution in [1.82, 2.24) is 10.1 Å². The molecule has 5 heteroatoms. The van der Waals surface area contributed by atoms with Gasteiger partial charge in [0, 0.05) is 18.2 Å². The van der Waals surface area contributed by atoms with Crippen molar-refractivity contribution in [1.29, 1.82) is 0 Å². The average molecular weight is 245 g/mol. The average Bonchev–Trinajstić information content (AvgIpc) is 2.68. The van der Waals surface area contributed by atoms with Gasteiger partial charge in [-0.1, -0.05) is 11.2 Å². The van der Waals surface area contributed by atoms with E-state index in [1.165, 1.54) is 0 Å². The highest BCUT2D eigenvalue weighted by Crippen LogP contribution is 2.14. The number of aromatic nitrogens is 2. The molecule has 94 valence electrons. The minimum atomic E-state index is -0.0614. The van der Waals surface area contributed by atoms with E-state index in [4.69, 9.17) is 4.52 Å². The number of aryl methyl sites for hydroxylation is 2. The molecule has 1 amide bonds. The van der Waals surface area contributed by atoms with Gasteiger partial charge in [-0.15, -0.1) is 0 Å². The molecule has 0 saturated heterocycles. The summed E-state index contributed by atoms with van der Waals surface area (Å²) in [5.74, 6) is 1.29. The van der Waals surface area contributed by atoms with Gasteiger partial charge in [0.2, 0.25) is 5.91 Å². The summed E-state index contributed by atoms with van der Waals surface area (Å²) in [6, 6.07) is 5.39. The van der Waals surface area contributed by atoms with Crippen LogP contribution in [0.25, 0.3) is 0 Å². The lowest BCUT2D eigenvalue weighted by Crippen LogP contribution is -2.13. The highest BCUT2D eigenvalue weighted by molar-refractivity contribution is 5.89. The molecule has 0 bridgehead atoms. The summed E-state index contributed by atoms with van der Waals surface area (Å²) < 4.78 is 5.05. The van der Waals surface area contributed by atoms with Gasteiger partial charge in [-0.3, -0.25) is 4.79 Å². The Morgan fingerprint density at radius 1 is 1.39 bits per heavy atom. The van der Waals surface area contributed by atoms with Crippen molar-refractivity contribution >= 4 is 11.7 Å². The second-order valence-electron chi connectivity index (χ2n) is 4.07. The number of nitrogens with one attached hydrogen (secondary N) is 1. The van der Waals surface area contributed by atoms with Crippen LogP contribution in [0.1, 0.15) is 23.4 Å². The number of carbonyl (C=O) groups excluding carboxylic acids is 1. The normalized spacial score (nSPS) is 10.3. The Balaban J connectivity index is 1.89. The summed E-state index contributed by atoms with van der Waals surface area (Å²) in [6.45, 7) is 3.73. The maximum absolute atomic E-state index is 11.7. The number of anilines is 1. The van der Waals surface area contributed by atoms with Crippen LogP contribution in [0, 0.1) is 13.8 Å². The smallest absolute Gasteiger partial charge is 0.225 e. The summed E-state index contributed by atoms with van der Waals surface area (Å²) >= 11 is 0. The summed E-state index contributed by atoms with van der Waals surface area (Å²) in [7, 11) is 0. The van der Waals surface area contributed by atoms with E-state index < -0.39 is 0 Å². The molecule has 18 heavy (non-hydrogen) atoms. The SMILES string of the molecule is Cc1noc(C)c1CCC(=O)Nc1ccccn1. The van der Waals surface area contributed by atoms with Crippen LogP contribution in [0.3, 0.4) is 0 Å². The summed E-state index contributed by atoms with van der Waals surface area (Å²) in [4.78, 5) is 15.8. The Morgan fingerprint density at radius 3 is 2.83 bits per heavy atom. The first-order valence-electron chi connectivity index (χ1n) is 5.79. The van der Waals surface area contributed by atoms with Crippen LogP contribution >= 0.6 is 0 Å². The molecule has 2 aromatic heterocycles. The second kappa shape index (κ2) is 5.44. The third-order valence-corrected chi connectivity index (χ3v) is 2.72. The van der Waals surface area contributed by atoms with Gasteiger partial charge in [-0.2, -0.15) is 0 Å². The van der Waals surface area contributed by atoms with E-state index in [1.807, 2.05) is 19.9 Å². The fraction of sp³-hybridized carbons (Fsp3) is 0.308. The fourth-order valence-electron chi connectivity index (χ4n) is 1.74. The Bertz CT molecular complexity index is 515. The lowest BCUT2D eigenvalue weighted by molar-refractivity contribution is -0.116. The maximum atomic E-state index is 11.7. The molecule has 2 rings (SSSR count). The molecular weight excluding hydrogens is 230 g/mol. The third-order valence-electron chi connectivity index (χ3n) is 2.72. The zero-order valence-corrected chi connectivity index (χ0v) is 10.4. The van der Waals surface area contributed by atoms with E-state index in [2.05, 4.69) is 15.5 Å². The molecule has 2 aromatic rings. The number of hydrogen-bond acceptors (Lipinski definition) is 4. The second-order valence-corrected chi connectivity index (χ2v) is 4.07. The van der Waals surface area contributed by atoms with E-state index in [1.54, 1.807) is 18.3 Å². The van der Waals surface area contributed by atoms with Gasteiger partial charge in [-0.05, 0) is 32.4 Å². The van der Waals surface area contributed by atoms with Crippen LogP contribution in [0.15, 0.2) is 28.9 Å². The number of amides is 1. The van der Waals surface area contributed by atoms with Gasteiger partial charge in [0.25, 0.3) is 0 Å². The Labute approximate surface area is 105 Å². The van der Waals surface area contributed by atoms with Crippen LogP contribution in [-0.4, -0.2) is 16.0 Å². The number of rotatable bonds is 4. The molecule has 1 N–H and O–H groups in total. The van der Waals surface area contributed by atoms with Gasteiger partial charge in [-0.25, -0.2) is 4.98 Å². The Hall–Kier alpha value is -2.17. The predicted octanol–water partition coefficient (Wildman–Crippen LogP) is 2.26. The predicted molar refractivity (Wildman–Crippen MR) is 67.2 cm³/mol. The molecule has 5 nitrogen and oxygen atoms in total. The number of carbonyl (C=O) groups is 1. The summed E-state index contributed by atoms with van der Waals surface area (Å²) in [5.41, 5.74) is 1.85. The van der Waals surface area contributed by atoms with Crippen molar-refractivity contribution in [2.24, 2.45) is 0 Å². The first-order chi connectivity index (χ1) is 8.66. The molecule has 0 aliphatic rings. The highest BCUT2D eigenvalue weighted by atomic mass is 16.5. The molecule has 0 unspecified atom stereocenters. The first-order valence-corrected chi connectivity index (χ1v) is 5.79. The van der Waals surface area contributed by atoms with Crippen LogP contribution in [0.2, 0.25) is 0 Å². The Morgan fingerprint density at radius 2 is 2.22 bits per heavy atom. The molecule has 0 aliphatic carbocycles. The van der Waals surface area contributed by atoms with Gasteiger partial charge in [0.1, 0.15) is 11.6 Å². The molecule has 0 saturated carbocycles.